The quantitative estimate of drug-likeness (QED) is 0.818. The van der Waals surface area contributed by atoms with Crippen LogP contribution in [0, 0.1) is 0 Å². The van der Waals surface area contributed by atoms with Crippen molar-refractivity contribution in [2.75, 3.05) is 12.3 Å². The van der Waals surface area contributed by atoms with E-state index in [2.05, 4.69) is 4.98 Å². The van der Waals surface area contributed by atoms with Gasteiger partial charge in [0.15, 0.2) is 0 Å². The van der Waals surface area contributed by atoms with Gasteiger partial charge in [0.2, 0.25) is 0 Å². The van der Waals surface area contributed by atoms with Crippen molar-refractivity contribution in [2.45, 2.75) is 20.3 Å². The highest BCUT2D eigenvalue weighted by Gasteiger charge is 2.12. The van der Waals surface area contributed by atoms with Gasteiger partial charge in [0, 0.05) is 5.69 Å². The zero-order valence-electron chi connectivity index (χ0n) is 9.82. The monoisotopic (exact) mass is 234 g/mol. The summed E-state index contributed by atoms with van der Waals surface area (Å²) < 4.78 is 10.1. The molecule has 1 heterocycles. The third-order valence-electron chi connectivity index (χ3n) is 2.54. The van der Waals surface area contributed by atoms with Gasteiger partial charge in [-0.05, 0) is 31.0 Å². The number of benzene rings is 1. The maximum atomic E-state index is 11.9. The highest BCUT2D eigenvalue weighted by atomic mass is 16.6. The van der Waals surface area contributed by atoms with E-state index in [4.69, 9.17) is 14.9 Å². The van der Waals surface area contributed by atoms with Crippen LogP contribution >= 0.6 is 0 Å². The SMILES string of the molecule is CCOc1nc2ccc(N)c(CC)c2c(=O)o1. The fourth-order valence-corrected chi connectivity index (χ4v) is 1.79. The Bertz CT molecular complexity index is 604. The van der Waals surface area contributed by atoms with E-state index in [1.54, 1.807) is 19.1 Å². The normalized spacial score (nSPS) is 10.7. The van der Waals surface area contributed by atoms with Gasteiger partial charge >= 0.3 is 11.7 Å². The lowest BCUT2D eigenvalue weighted by Gasteiger charge is -2.07. The molecule has 0 saturated heterocycles. The van der Waals surface area contributed by atoms with E-state index in [1.165, 1.54) is 0 Å². The number of nitrogens with two attached hydrogens (primary N) is 1. The number of nitrogens with zero attached hydrogens (tertiary/aromatic N) is 1. The van der Waals surface area contributed by atoms with Crippen molar-refractivity contribution in [3.05, 3.63) is 28.1 Å². The van der Waals surface area contributed by atoms with Crippen molar-refractivity contribution in [1.82, 2.24) is 4.98 Å². The Morgan fingerprint density at radius 1 is 1.41 bits per heavy atom. The van der Waals surface area contributed by atoms with Gasteiger partial charge in [-0.2, -0.15) is 4.98 Å². The number of rotatable bonds is 3. The first-order valence-electron chi connectivity index (χ1n) is 5.52. The minimum atomic E-state index is -0.456. The lowest BCUT2D eigenvalue weighted by molar-refractivity contribution is 0.229. The Morgan fingerprint density at radius 2 is 2.18 bits per heavy atom. The van der Waals surface area contributed by atoms with E-state index in [0.717, 1.165) is 5.56 Å². The van der Waals surface area contributed by atoms with Gasteiger partial charge in [0.1, 0.15) is 0 Å². The summed E-state index contributed by atoms with van der Waals surface area (Å²) in [4.78, 5) is 16.0. The predicted molar refractivity (Wildman–Crippen MR) is 65.2 cm³/mol. The Labute approximate surface area is 98.2 Å². The Kier molecular flexibility index (Phi) is 2.99. The molecule has 0 fully saturated rings. The predicted octanol–water partition coefficient (Wildman–Crippen LogP) is 1.73. The number of anilines is 1. The summed E-state index contributed by atoms with van der Waals surface area (Å²) in [5, 5.41) is 0.441. The molecular formula is C12H14N2O3. The number of aryl methyl sites for hydroxylation is 1. The van der Waals surface area contributed by atoms with Gasteiger partial charge in [-0.3, -0.25) is 0 Å². The first kappa shape index (κ1) is 11.4. The molecule has 90 valence electrons. The molecule has 0 spiro atoms. The molecule has 5 heteroatoms. The van der Waals surface area contributed by atoms with Gasteiger partial charge in [-0.1, -0.05) is 6.92 Å². The van der Waals surface area contributed by atoms with Crippen molar-refractivity contribution in [3.8, 4) is 6.08 Å². The Morgan fingerprint density at radius 3 is 2.82 bits per heavy atom. The van der Waals surface area contributed by atoms with Crippen LogP contribution in [0.25, 0.3) is 10.9 Å². The highest BCUT2D eigenvalue weighted by Crippen LogP contribution is 2.22. The molecule has 0 radical (unpaired) electrons. The molecule has 0 atom stereocenters. The summed E-state index contributed by atoms with van der Waals surface area (Å²) in [5.74, 6) is 0. The van der Waals surface area contributed by atoms with E-state index in [-0.39, 0.29) is 6.08 Å². The molecule has 1 aromatic heterocycles. The molecule has 0 bridgehead atoms. The van der Waals surface area contributed by atoms with E-state index < -0.39 is 5.63 Å². The molecule has 0 aliphatic rings. The van der Waals surface area contributed by atoms with E-state index >= 15 is 0 Å². The van der Waals surface area contributed by atoms with Crippen molar-refractivity contribution in [1.29, 1.82) is 0 Å². The van der Waals surface area contributed by atoms with Crippen LogP contribution in [0.1, 0.15) is 19.4 Å². The van der Waals surface area contributed by atoms with Gasteiger partial charge in [0.25, 0.3) is 0 Å². The summed E-state index contributed by atoms with van der Waals surface area (Å²) in [6.45, 7) is 4.13. The number of aromatic nitrogens is 1. The van der Waals surface area contributed by atoms with Crippen molar-refractivity contribution in [2.24, 2.45) is 0 Å². The number of hydrogen-bond acceptors (Lipinski definition) is 5. The molecular weight excluding hydrogens is 220 g/mol. The summed E-state index contributed by atoms with van der Waals surface area (Å²) in [7, 11) is 0. The van der Waals surface area contributed by atoms with Crippen molar-refractivity contribution >= 4 is 16.6 Å². The fraction of sp³-hybridized carbons (Fsp3) is 0.333. The summed E-state index contributed by atoms with van der Waals surface area (Å²) in [6, 6.07) is 3.44. The molecule has 0 aliphatic carbocycles. The molecule has 0 aliphatic heterocycles. The Balaban J connectivity index is 2.76. The first-order valence-corrected chi connectivity index (χ1v) is 5.52. The van der Waals surface area contributed by atoms with Crippen LogP contribution in [0.4, 0.5) is 5.69 Å². The maximum Gasteiger partial charge on any atom is 0.397 e. The minimum absolute atomic E-state index is 0.00294. The fourth-order valence-electron chi connectivity index (χ4n) is 1.79. The third kappa shape index (κ3) is 1.95. The average molecular weight is 234 g/mol. The summed E-state index contributed by atoms with van der Waals surface area (Å²) >= 11 is 0. The topological polar surface area (TPSA) is 78.4 Å². The lowest BCUT2D eigenvalue weighted by atomic mass is 10.1. The smallest absolute Gasteiger partial charge is 0.397 e. The number of ether oxygens (including phenoxy) is 1. The van der Waals surface area contributed by atoms with Crippen LogP contribution < -0.4 is 16.1 Å². The minimum Gasteiger partial charge on any atom is -0.450 e. The molecule has 2 rings (SSSR count). The molecule has 2 aromatic rings. The average Bonchev–Trinajstić information content (AvgIpc) is 2.30. The molecule has 0 unspecified atom stereocenters. The van der Waals surface area contributed by atoms with Crippen LogP contribution in [0.15, 0.2) is 21.3 Å². The molecule has 0 amide bonds. The third-order valence-corrected chi connectivity index (χ3v) is 2.54. The van der Waals surface area contributed by atoms with Crippen molar-refractivity contribution in [3.63, 3.8) is 0 Å². The second-order valence-electron chi connectivity index (χ2n) is 3.58. The first-order chi connectivity index (χ1) is 8.17. The van der Waals surface area contributed by atoms with E-state index in [0.29, 0.717) is 29.6 Å². The molecule has 17 heavy (non-hydrogen) atoms. The lowest BCUT2D eigenvalue weighted by Crippen LogP contribution is -2.08. The van der Waals surface area contributed by atoms with Crippen LogP contribution in [0.5, 0.6) is 6.08 Å². The largest absolute Gasteiger partial charge is 0.450 e. The van der Waals surface area contributed by atoms with Crippen molar-refractivity contribution < 1.29 is 9.15 Å². The van der Waals surface area contributed by atoms with Crippen LogP contribution in [0.2, 0.25) is 0 Å². The number of fused-ring (bicyclic) bond motifs is 1. The maximum absolute atomic E-state index is 11.9. The summed E-state index contributed by atoms with van der Waals surface area (Å²) in [5.41, 5.74) is 7.27. The van der Waals surface area contributed by atoms with Crippen LogP contribution in [-0.2, 0) is 6.42 Å². The zero-order chi connectivity index (χ0) is 12.4. The summed E-state index contributed by atoms with van der Waals surface area (Å²) in [6.07, 6.45) is 0.653. The second-order valence-corrected chi connectivity index (χ2v) is 3.58. The van der Waals surface area contributed by atoms with Crippen LogP contribution in [-0.4, -0.2) is 11.6 Å². The zero-order valence-corrected chi connectivity index (χ0v) is 9.82. The van der Waals surface area contributed by atoms with E-state index in [1.807, 2.05) is 6.92 Å². The van der Waals surface area contributed by atoms with Gasteiger partial charge in [-0.15, -0.1) is 0 Å². The second kappa shape index (κ2) is 4.45. The molecule has 0 saturated carbocycles. The number of hydrogen-bond donors (Lipinski definition) is 1. The molecule has 1 aromatic carbocycles. The van der Waals surface area contributed by atoms with Gasteiger partial charge in [-0.25, -0.2) is 4.79 Å². The van der Waals surface area contributed by atoms with Crippen LogP contribution in [0.3, 0.4) is 0 Å². The molecule has 2 N–H and O–H groups in total. The Hall–Kier alpha value is -2.04. The van der Waals surface area contributed by atoms with Gasteiger partial charge < -0.3 is 14.9 Å². The van der Waals surface area contributed by atoms with E-state index in [9.17, 15) is 4.79 Å². The highest BCUT2D eigenvalue weighted by molar-refractivity contribution is 5.85. The van der Waals surface area contributed by atoms with Gasteiger partial charge in [0.05, 0.1) is 17.5 Å². The standard InChI is InChI=1S/C12H14N2O3/c1-3-7-8(13)5-6-9-10(7)11(15)17-12(14-9)16-4-2/h5-6H,3-4,13H2,1-2H3. The number of nitrogen functional groups attached to an aromatic ring is 1. The molecule has 5 nitrogen and oxygen atoms in total.